The Bertz CT molecular complexity index is 1060. The summed E-state index contributed by atoms with van der Waals surface area (Å²) in [5, 5.41) is 18.5. The monoisotopic (exact) mass is 401 g/mol. The van der Waals surface area contributed by atoms with Crippen molar-refractivity contribution in [3.05, 3.63) is 90.0 Å². The van der Waals surface area contributed by atoms with Crippen LogP contribution in [0.3, 0.4) is 0 Å². The van der Waals surface area contributed by atoms with Crippen molar-refractivity contribution in [3.8, 4) is 5.75 Å². The molecule has 3 aromatic rings. The van der Waals surface area contributed by atoms with E-state index in [0.717, 1.165) is 17.5 Å². The van der Waals surface area contributed by atoms with Crippen LogP contribution in [0.25, 0.3) is 10.8 Å². The van der Waals surface area contributed by atoms with E-state index in [1.165, 1.54) is 16.3 Å². The van der Waals surface area contributed by atoms with E-state index in [1.807, 2.05) is 18.2 Å². The van der Waals surface area contributed by atoms with Crippen molar-refractivity contribution in [2.45, 2.75) is 25.6 Å². The average molecular weight is 402 g/mol. The van der Waals surface area contributed by atoms with Crippen LogP contribution in [0.1, 0.15) is 16.7 Å². The number of nitrogens with one attached hydrogen (secondary N) is 2. The molecule has 0 fully saturated rings. The van der Waals surface area contributed by atoms with Gasteiger partial charge in [0.25, 0.3) is 0 Å². The van der Waals surface area contributed by atoms with E-state index in [-0.39, 0.29) is 17.8 Å². The number of aromatic hydroxyl groups is 1. The molecule has 0 unspecified atom stereocenters. The van der Waals surface area contributed by atoms with Gasteiger partial charge in [0.05, 0.1) is 0 Å². The van der Waals surface area contributed by atoms with Crippen LogP contribution in [-0.2, 0) is 19.5 Å². The summed E-state index contributed by atoms with van der Waals surface area (Å²) in [4.78, 5) is 14.6. The second kappa shape index (κ2) is 9.01. The van der Waals surface area contributed by atoms with Gasteiger partial charge in [0.1, 0.15) is 5.75 Å². The molecule has 2 amide bonds. The van der Waals surface area contributed by atoms with Crippen LogP contribution in [0.5, 0.6) is 5.75 Å². The lowest BCUT2D eigenvalue weighted by atomic mass is 9.95. The fourth-order valence-corrected chi connectivity index (χ4v) is 4.00. The average Bonchev–Trinajstić information content (AvgIpc) is 2.77. The van der Waals surface area contributed by atoms with Crippen LogP contribution in [0.2, 0.25) is 0 Å². The number of urea groups is 1. The third kappa shape index (κ3) is 4.63. The molecule has 1 atom stereocenters. The smallest absolute Gasteiger partial charge is 0.318 e. The largest absolute Gasteiger partial charge is 0.508 e. The van der Waals surface area contributed by atoms with Crippen LogP contribution in [-0.4, -0.2) is 35.2 Å². The quantitative estimate of drug-likeness (QED) is 0.548. The van der Waals surface area contributed by atoms with Gasteiger partial charge in [-0.25, -0.2) is 4.79 Å². The summed E-state index contributed by atoms with van der Waals surface area (Å²) in [6, 6.07) is 20.0. The Morgan fingerprint density at radius 3 is 2.80 bits per heavy atom. The lowest BCUT2D eigenvalue weighted by Gasteiger charge is -2.31. The molecule has 30 heavy (non-hydrogen) atoms. The first-order valence-corrected chi connectivity index (χ1v) is 10.3. The van der Waals surface area contributed by atoms with Crippen molar-refractivity contribution in [2.24, 2.45) is 0 Å². The van der Waals surface area contributed by atoms with Gasteiger partial charge in [0.15, 0.2) is 0 Å². The zero-order valence-electron chi connectivity index (χ0n) is 17.0. The van der Waals surface area contributed by atoms with E-state index in [1.54, 1.807) is 23.1 Å². The fraction of sp³-hybridized carbons (Fsp3) is 0.240. The van der Waals surface area contributed by atoms with E-state index < -0.39 is 0 Å². The summed E-state index contributed by atoms with van der Waals surface area (Å²) in [5.74, 6) is 0.287. The maximum Gasteiger partial charge on any atom is 0.318 e. The molecule has 0 bridgehead atoms. The number of rotatable bonds is 6. The van der Waals surface area contributed by atoms with Gasteiger partial charge in [0, 0.05) is 32.2 Å². The Kier molecular flexibility index (Phi) is 6.00. The molecule has 5 nitrogen and oxygen atoms in total. The predicted octanol–water partition coefficient (Wildman–Crippen LogP) is 3.96. The van der Waals surface area contributed by atoms with E-state index in [0.29, 0.717) is 26.2 Å². The Labute approximate surface area is 177 Å². The molecule has 1 aliphatic heterocycles. The molecule has 0 spiro atoms. The topological polar surface area (TPSA) is 64.6 Å². The molecule has 0 aliphatic carbocycles. The number of phenolic OH excluding ortho intramolecular Hbond substituents is 1. The third-order valence-corrected chi connectivity index (χ3v) is 5.57. The summed E-state index contributed by atoms with van der Waals surface area (Å²) in [6.07, 6.45) is 2.58. The minimum atomic E-state index is -0.0960. The van der Waals surface area contributed by atoms with Gasteiger partial charge in [-0.15, -0.1) is 6.58 Å². The standard InChI is InChI=1S/C25H27N3O2/c1-2-11-28(17-23-13-21-9-10-24(29)14-22(21)16-26-23)25(30)27-15-18-7-8-19-5-3-4-6-20(19)12-18/h2-10,12,14,23,26,29H,1,11,13,15-17H2,(H,27,30)/t23-/m0/s1. The lowest BCUT2D eigenvalue weighted by Crippen LogP contribution is -2.49. The first kappa shape index (κ1) is 20.0. The van der Waals surface area contributed by atoms with Gasteiger partial charge in [-0.1, -0.05) is 48.5 Å². The first-order valence-electron chi connectivity index (χ1n) is 10.3. The number of hydrogen-bond donors (Lipinski definition) is 3. The Hall–Kier alpha value is -3.31. The minimum Gasteiger partial charge on any atom is -0.508 e. The molecule has 5 heteroatoms. The van der Waals surface area contributed by atoms with Crippen molar-refractivity contribution in [1.29, 1.82) is 0 Å². The highest BCUT2D eigenvalue weighted by atomic mass is 16.3. The van der Waals surface area contributed by atoms with Crippen LogP contribution in [0.15, 0.2) is 73.3 Å². The molecule has 1 heterocycles. The molecule has 0 saturated carbocycles. The van der Waals surface area contributed by atoms with Crippen molar-refractivity contribution < 1.29 is 9.90 Å². The Morgan fingerprint density at radius 2 is 1.97 bits per heavy atom. The van der Waals surface area contributed by atoms with Gasteiger partial charge >= 0.3 is 6.03 Å². The zero-order valence-corrected chi connectivity index (χ0v) is 17.0. The molecule has 3 aromatic carbocycles. The van der Waals surface area contributed by atoms with Crippen molar-refractivity contribution in [1.82, 2.24) is 15.5 Å². The number of benzene rings is 3. The molecule has 3 N–H and O–H groups in total. The molecule has 0 saturated heterocycles. The maximum atomic E-state index is 12.8. The molecule has 0 radical (unpaired) electrons. The number of phenols is 1. The second-order valence-electron chi connectivity index (χ2n) is 7.77. The van der Waals surface area contributed by atoms with Crippen LogP contribution in [0.4, 0.5) is 4.79 Å². The number of nitrogens with zero attached hydrogens (tertiary/aromatic N) is 1. The molecule has 4 rings (SSSR count). The zero-order chi connectivity index (χ0) is 20.9. The summed E-state index contributed by atoms with van der Waals surface area (Å²) in [6.45, 7) is 6.06. The van der Waals surface area contributed by atoms with E-state index in [9.17, 15) is 9.90 Å². The van der Waals surface area contributed by atoms with Gasteiger partial charge in [-0.2, -0.15) is 0 Å². The fourth-order valence-electron chi connectivity index (χ4n) is 4.00. The number of amides is 2. The predicted molar refractivity (Wildman–Crippen MR) is 120 cm³/mol. The third-order valence-electron chi connectivity index (χ3n) is 5.57. The normalized spacial score (nSPS) is 15.4. The number of fused-ring (bicyclic) bond motifs is 2. The highest BCUT2D eigenvalue weighted by molar-refractivity contribution is 5.83. The summed E-state index contributed by atoms with van der Waals surface area (Å²) < 4.78 is 0. The lowest BCUT2D eigenvalue weighted by molar-refractivity contribution is 0.195. The molecule has 154 valence electrons. The summed E-state index contributed by atoms with van der Waals surface area (Å²) in [7, 11) is 0. The molecule has 0 aromatic heterocycles. The second-order valence-corrected chi connectivity index (χ2v) is 7.77. The van der Waals surface area contributed by atoms with Crippen LogP contribution < -0.4 is 10.6 Å². The summed E-state index contributed by atoms with van der Waals surface area (Å²) in [5.41, 5.74) is 3.40. The highest BCUT2D eigenvalue weighted by Gasteiger charge is 2.22. The Morgan fingerprint density at radius 1 is 1.13 bits per heavy atom. The summed E-state index contributed by atoms with van der Waals surface area (Å²) >= 11 is 0. The van der Waals surface area contributed by atoms with Gasteiger partial charge in [-0.3, -0.25) is 0 Å². The van der Waals surface area contributed by atoms with Crippen molar-refractivity contribution in [2.75, 3.05) is 13.1 Å². The first-order chi connectivity index (χ1) is 14.6. The number of hydrogen-bond acceptors (Lipinski definition) is 3. The van der Waals surface area contributed by atoms with Crippen molar-refractivity contribution in [3.63, 3.8) is 0 Å². The van der Waals surface area contributed by atoms with Crippen LogP contribution >= 0.6 is 0 Å². The highest BCUT2D eigenvalue weighted by Crippen LogP contribution is 2.22. The van der Waals surface area contributed by atoms with Gasteiger partial charge < -0.3 is 20.6 Å². The van der Waals surface area contributed by atoms with E-state index in [2.05, 4.69) is 47.5 Å². The van der Waals surface area contributed by atoms with Gasteiger partial charge in [-0.05, 0) is 52.1 Å². The van der Waals surface area contributed by atoms with E-state index >= 15 is 0 Å². The number of carbonyl (C=O) groups excluding carboxylic acids is 1. The molecular formula is C25H27N3O2. The van der Waals surface area contributed by atoms with Crippen molar-refractivity contribution >= 4 is 16.8 Å². The minimum absolute atomic E-state index is 0.0960. The SMILES string of the molecule is C=CCN(C[C@@H]1Cc2ccc(O)cc2CN1)C(=O)NCc1ccc2ccccc2c1. The van der Waals surface area contributed by atoms with Crippen LogP contribution in [0, 0.1) is 0 Å². The number of carbonyl (C=O) groups is 1. The molecular weight excluding hydrogens is 374 g/mol. The van der Waals surface area contributed by atoms with Gasteiger partial charge in [0.2, 0.25) is 0 Å². The van der Waals surface area contributed by atoms with E-state index in [4.69, 9.17) is 0 Å². The Balaban J connectivity index is 1.37. The molecule has 1 aliphatic rings. The maximum absolute atomic E-state index is 12.8.